The Bertz CT molecular complexity index is 195. The van der Waals surface area contributed by atoms with E-state index >= 15 is 0 Å². The molecule has 0 aromatic rings. The number of alkyl carbamates (subject to hydrolysis) is 1. The topological polar surface area (TPSA) is 64.3 Å². The van der Waals surface area contributed by atoms with E-state index in [0.29, 0.717) is 19.1 Å². The van der Waals surface area contributed by atoms with Crippen molar-refractivity contribution in [2.45, 2.75) is 46.1 Å². The molecular formula is C11H24N2O2. The Kier molecular flexibility index (Phi) is 6.32. The first kappa shape index (κ1) is 14.2. The SMILES string of the molecule is CCC(C)(CCN)NC(=O)OCC(C)C. The zero-order chi connectivity index (χ0) is 11.9. The van der Waals surface area contributed by atoms with E-state index in [1.165, 1.54) is 0 Å². The maximum Gasteiger partial charge on any atom is 0.407 e. The second-order valence-electron chi connectivity index (χ2n) is 4.57. The summed E-state index contributed by atoms with van der Waals surface area (Å²) in [7, 11) is 0. The van der Waals surface area contributed by atoms with Gasteiger partial charge in [-0.2, -0.15) is 0 Å². The average Bonchev–Trinajstić information content (AvgIpc) is 2.15. The Labute approximate surface area is 92.6 Å². The van der Waals surface area contributed by atoms with E-state index in [0.717, 1.165) is 12.8 Å². The number of rotatable bonds is 6. The van der Waals surface area contributed by atoms with Gasteiger partial charge < -0.3 is 15.8 Å². The van der Waals surface area contributed by atoms with Gasteiger partial charge in [0.05, 0.1) is 6.61 Å². The summed E-state index contributed by atoms with van der Waals surface area (Å²) in [6.45, 7) is 9.04. The molecule has 4 nitrogen and oxygen atoms in total. The lowest BCUT2D eigenvalue weighted by atomic mass is 9.95. The minimum Gasteiger partial charge on any atom is -0.449 e. The molecule has 1 amide bonds. The number of nitrogens with two attached hydrogens (primary N) is 1. The molecule has 4 heteroatoms. The summed E-state index contributed by atoms with van der Waals surface area (Å²) in [5.74, 6) is 0.359. The van der Waals surface area contributed by atoms with Crippen LogP contribution in [-0.2, 0) is 4.74 Å². The van der Waals surface area contributed by atoms with Crippen LogP contribution in [-0.4, -0.2) is 24.8 Å². The third-order valence-corrected chi connectivity index (χ3v) is 2.43. The molecule has 0 bridgehead atoms. The van der Waals surface area contributed by atoms with Crippen molar-refractivity contribution >= 4 is 6.09 Å². The van der Waals surface area contributed by atoms with Crippen LogP contribution >= 0.6 is 0 Å². The minimum atomic E-state index is -0.346. The Morgan fingerprint density at radius 2 is 2.13 bits per heavy atom. The van der Waals surface area contributed by atoms with Gasteiger partial charge in [0.25, 0.3) is 0 Å². The third kappa shape index (κ3) is 6.33. The van der Waals surface area contributed by atoms with Crippen LogP contribution in [0.15, 0.2) is 0 Å². The van der Waals surface area contributed by atoms with Crippen molar-refractivity contribution in [3.05, 3.63) is 0 Å². The van der Waals surface area contributed by atoms with Gasteiger partial charge in [-0.05, 0) is 32.2 Å². The lowest BCUT2D eigenvalue weighted by Crippen LogP contribution is -2.47. The van der Waals surface area contributed by atoms with Crippen LogP contribution in [0.1, 0.15) is 40.5 Å². The standard InChI is InChI=1S/C11H24N2O2/c1-5-11(4,6-7-12)13-10(14)15-8-9(2)3/h9H,5-8,12H2,1-4H3,(H,13,14). The van der Waals surface area contributed by atoms with Crippen molar-refractivity contribution in [2.75, 3.05) is 13.2 Å². The van der Waals surface area contributed by atoms with Crippen LogP contribution < -0.4 is 11.1 Å². The zero-order valence-corrected chi connectivity index (χ0v) is 10.3. The molecule has 0 fully saturated rings. The van der Waals surface area contributed by atoms with Crippen LogP contribution in [0.2, 0.25) is 0 Å². The Morgan fingerprint density at radius 3 is 2.53 bits per heavy atom. The summed E-state index contributed by atoms with van der Waals surface area (Å²) in [5, 5.41) is 2.86. The van der Waals surface area contributed by atoms with Gasteiger partial charge >= 0.3 is 6.09 Å². The van der Waals surface area contributed by atoms with E-state index in [-0.39, 0.29) is 11.6 Å². The number of carbonyl (C=O) groups is 1. The van der Waals surface area contributed by atoms with E-state index in [1.807, 2.05) is 27.7 Å². The number of hydrogen-bond acceptors (Lipinski definition) is 3. The Balaban J connectivity index is 4.01. The lowest BCUT2D eigenvalue weighted by Gasteiger charge is -2.28. The van der Waals surface area contributed by atoms with E-state index in [2.05, 4.69) is 5.32 Å². The first-order valence-electron chi connectivity index (χ1n) is 5.58. The van der Waals surface area contributed by atoms with Gasteiger partial charge in [0.2, 0.25) is 0 Å². The molecule has 3 N–H and O–H groups in total. The van der Waals surface area contributed by atoms with E-state index < -0.39 is 0 Å². The summed E-state index contributed by atoms with van der Waals surface area (Å²) in [4.78, 5) is 11.4. The fourth-order valence-electron chi connectivity index (χ4n) is 1.17. The molecule has 0 aliphatic rings. The van der Waals surface area contributed by atoms with Crippen molar-refractivity contribution < 1.29 is 9.53 Å². The highest BCUT2D eigenvalue weighted by Crippen LogP contribution is 2.13. The molecule has 1 atom stereocenters. The van der Waals surface area contributed by atoms with Gasteiger partial charge in [-0.3, -0.25) is 0 Å². The van der Waals surface area contributed by atoms with E-state index in [9.17, 15) is 4.79 Å². The van der Waals surface area contributed by atoms with Gasteiger partial charge in [-0.15, -0.1) is 0 Å². The zero-order valence-electron chi connectivity index (χ0n) is 10.3. The van der Waals surface area contributed by atoms with Crippen molar-refractivity contribution in [3.63, 3.8) is 0 Å². The molecule has 0 rings (SSSR count). The molecule has 0 spiro atoms. The molecule has 0 aromatic carbocycles. The minimum absolute atomic E-state index is 0.247. The smallest absolute Gasteiger partial charge is 0.407 e. The highest BCUT2D eigenvalue weighted by molar-refractivity contribution is 5.68. The predicted molar refractivity (Wildman–Crippen MR) is 61.7 cm³/mol. The summed E-state index contributed by atoms with van der Waals surface area (Å²) >= 11 is 0. The molecule has 0 saturated heterocycles. The van der Waals surface area contributed by atoms with Crippen molar-refractivity contribution in [1.82, 2.24) is 5.32 Å². The monoisotopic (exact) mass is 216 g/mol. The maximum atomic E-state index is 11.4. The highest BCUT2D eigenvalue weighted by Gasteiger charge is 2.23. The molecule has 90 valence electrons. The second kappa shape index (κ2) is 6.67. The molecule has 0 heterocycles. The summed E-state index contributed by atoms with van der Waals surface area (Å²) < 4.78 is 5.06. The van der Waals surface area contributed by atoms with Gasteiger partial charge in [-0.1, -0.05) is 20.8 Å². The predicted octanol–water partition coefficient (Wildman–Crippen LogP) is 1.89. The van der Waals surface area contributed by atoms with Gasteiger partial charge in [0.1, 0.15) is 0 Å². The quantitative estimate of drug-likeness (QED) is 0.712. The largest absolute Gasteiger partial charge is 0.449 e. The van der Waals surface area contributed by atoms with Crippen molar-refractivity contribution in [3.8, 4) is 0 Å². The van der Waals surface area contributed by atoms with Gasteiger partial charge in [0.15, 0.2) is 0 Å². The molecule has 15 heavy (non-hydrogen) atoms. The number of carbonyl (C=O) groups excluding carboxylic acids is 1. The number of ether oxygens (including phenoxy) is 1. The molecule has 0 aliphatic heterocycles. The van der Waals surface area contributed by atoms with Crippen LogP contribution in [0.3, 0.4) is 0 Å². The molecule has 0 aromatic heterocycles. The van der Waals surface area contributed by atoms with Crippen LogP contribution in [0.4, 0.5) is 4.79 Å². The number of nitrogens with one attached hydrogen (secondary N) is 1. The fourth-order valence-corrected chi connectivity index (χ4v) is 1.17. The summed E-state index contributed by atoms with van der Waals surface area (Å²) in [6, 6.07) is 0. The van der Waals surface area contributed by atoms with Gasteiger partial charge in [-0.25, -0.2) is 4.79 Å². The van der Waals surface area contributed by atoms with E-state index in [4.69, 9.17) is 10.5 Å². The van der Waals surface area contributed by atoms with Crippen molar-refractivity contribution in [2.24, 2.45) is 11.7 Å². The summed E-state index contributed by atoms with van der Waals surface area (Å²) in [5.41, 5.74) is 5.25. The number of amides is 1. The summed E-state index contributed by atoms with van der Waals surface area (Å²) in [6.07, 6.45) is 1.27. The highest BCUT2D eigenvalue weighted by atomic mass is 16.5. The van der Waals surface area contributed by atoms with Gasteiger partial charge in [0, 0.05) is 5.54 Å². The van der Waals surface area contributed by atoms with Crippen LogP contribution in [0, 0.1) is 5.92 Å². The van der Waals surface area contributed by atoms with Crippen LogP contribution in [0.25, 0.3) is 0 Å². The normalized spacial score (nSPS) is 14.8. The average molecular weight is 216 g/mol. The molecule has 0 aliphatic carbocycles. The maximum absolute atomic E-state index is 11.4. The lowest BCUT2D eigenvalue weighted by molar-refractivity contribution is 0.120. The molecule has 0 radical (unpaired) electrons. The molecule has 1 unspecified atom stereocenters. The second-order valence-corrected chi connectivity index (χ2v) is 4.57. The third-order valence-electron chi connectivity index (χ3n) is 2.43. The first-order chi connectivity index (χ1) is 6.93. The van der Waals surface area contributed by atoms with Crippen molar-refractivity contribution in [1.29, 1.82) is 0 Å². The number of hydrogen-bond donors (Lipinski definition) is 2. The first-order valence-corrected chi connectivity index (χ1v) is 5.58. The Hall–Kier alpha value is -0.770. The van der Waals surface area contributed by atoms with Crippen LogP contribution in [0.5, 0.6) is 0 Å². The molecule has 0 saturated carbocycles. The van der Waals surface area contributed by atoms with E-state index in [1.54, 1.807) is 0 Å². The molecular weight excluding hydrogens is 192 g/mol. The Morgan fingerprint density at radius 1 is 1.53 bits per heavy atom. The fraction of sp³-hybridized carbons (Fsp3) is 0.909.